The molecule has 4 atom stereocenters. The lowest BCUT2D eigenvalue weighted by Crippen LogP contribution is -2.48. The van der Waals surface area contributed by atoms with Crippen molar-refractivity contribution in [2.75, 3.05) is 5.32 Å². The zero-order chi connectivity index (χ0) is 15.1. The average Bonchev–Trinajstić information content (AvgIpc) is 2.72. The summed E-state index contributed by atoms with van der Waals surface area (Å²) in [5.41, 5.74) is 0.660. The highest BCUT2D eigenvalue weighted by molar-refractivity contribution is 5.78. The lowest BCUT2D eigenvalue weighted by Gasteiger charge is -2.31. The minimum Gasteiger partial charge on any atom is -0.486 e. The molecule has 21 heavy (non-hydrogen) atoms. The van der Waals surface area contributed by atoms with Gasteiger partial charge < -0.3 is 20.5 Å². The van der Waals surface area contributed by atoms with Crippen LogP contribution >= 0.6 is 0 Å². The van der Waals surface area contributed by atoms with Crippen LogP contribution in [0.3, 0.4) is 0 Å². The van der Waals surface area contributed by atoms with E-state index >= 15 is 0 Å². The SMILES string of the molecule is CC(C)C(=O)N[C@@H]1C[C@H]2Oc3cc(F)ccc3N[C@H]2[C@@H]1O. The molecule has 1 fully saturated rings. The van der Waals surface area contributed by atoms with Gasteiger partial charge in [-0.25, -0.2) is 4.39 Å². The van der Waals surface area contributed by atoms with Crippen molar-refractivity contribution in [1.29, 1.82) is 0 Å². The number of carbonyl (C=O) groups excluding carboxylic acids is 1. The monoisotopic (exact) mass is 294 g/mol. The smallest absolute Gasteiger partial charge is 0.222 e. The number of nitrogens with one attached hydrogen (secondary N) is 2. The summed E-state index contributed by atoms with van der Waals surface area (Å²) in [6.07, 6.45) is -0.532. The standard InChI is InChI=1S/C15H19FN2O3/c1-7(2)15(20)18-10-6-12-13(14(10)19)17-9-4-3-8(16)5-11(9)21-12/h3-5,7,10,12-14,17,19H,6H2,1-2H3,(H,18,20)/t10-,12-,13-,14-/m1/s1. The van der Waals surface area contributed by atoms with Gasteiger partial charge in [0.15, 0.2) is 0 Å². The van der Waals surface area contributed by atoms with Gasteiger partial charge in [0.05, 0.1) is 23.9 Å². The predicted molar refractivity (Wildman–Crippen MR) is 75.6 cm³/mol. The van der Waals surface area contributed by atoms with Gasteiger partial charge in [0.25, 0.3) is 0 Å². The van der Waals surface area contributed by atoms with Crippen LogP contribution in [0, 0.1) is 11.7 Å². The molecule has 0 unspecified atom stereocenters. The summed E-state index contributed by atoms with van der Waals surface area (Å²) in [6, 6.07) is 3.59. The number of ether oxygens (including phenoxy) is 1. The van der Waals surface area contributed by atoms with Crippen LogP contribution in [0.25, 0.3) is 0 Å². The third kappa shape index (κ3) is 2.55. The van der Waals surface area contributed by atoms with E-state index in [0.29, 0.717) is 17.9 Å². The molecule has 1 saturated carbocycles. The molecule has 114 valence electrons. The number of rotatable bonds is 2. The second-order valence-corrected chi connectivity index (χ2v) is 5.96. The van der Waals surface area contributed by atoms with Gasteiger partial charge in [0.1, 0.15) is 17.7 Å². The van der Waals surface area contributed by atoms with E-state index in [1.54, 1.807) is 19.9 Å². The molecular formula is C15H19FN2O3. The maximum Gasteiger partial charge on any atom is 0.222 e. The van der Waals surface area contributed by atoms with Gasteiger partial charge in [-0.1, -0.05) is 13.8 Å². The Morgan fingerprint density at radius 2 is 2.29 bits per heavy atom. The van der Waals surface area contributed by atoms with Crippen molar-refractivity contribution >= 4 is 11.6 Å². The normalized spacial score (nSPS) is 30.1. The summed E-state index contributed by atoms with van der Waals surface area (Å²) in [5.74, 6) is -0.155. The van der Waals surface area contributed by atoms with Crippen molar-refractivity contribution in [3.8, 4) is 5.75 Å². The molecule has 6 heteroatoms. The maximum atomic E-state index is 13.2. The van der Waals surface area contributed by atoms with Crippen molar-refractivity contribution in [3.05, 3.63) is 24.0 Å². The van der Waals surface area contributed by atoms with Gasteiger partial charge in [-0.15, -0.1) is 0 Å². The molecule has 0 bridgehead atoms. The van der Waals surface area contributed by atoms with Crippen LogP contribution < -0.4 is 15.4 Å². The first-order chi connectivity index (χ1) is 9.95. The Kier molecular flexibility index (Phi) is 3.49. The number of aliphatic hydroxyl groups is 1. The largest absolute Gasteiger partial charge is 0.486 e. The molecule has 1 aliphatic heterocycles. The highest BCUT2D eigenvalue weighted by Crippen LogP contribution is 2.37. The summed E-state index contributed by atoms with van der Waals surface area (Å²) in [6.45, 7) is 3.61. The summed E-state index contributed by atoms with van der Waals surface area (Å²) >= 11 is 0. The van der Waals surface area contributed by atoms with Crippen LogP contribution in [0.5, 0.6) is 5.75 Å². The molecule has 0 saturated heterocycles. The van der Waals surface area contributed by atoms with E-state index < -0.39 is 6.10 Å². The van der Waals surface area contributed by atoms with Crippen LogP contribution in [-0.2, 0) is 4.79 Å². The second-order valence-electron chi connectivity index (χ2n) is 5.96. The zero-order valence-electron chi connectivity index (χ0n) is 12.0. The predicted octanol–water partition coefficient (Wildman–Crippen LogP) is 1.27. The Labute approximate surface area is 122 Å². The maximum absolute atomic E-state index is 13.2. The van der Waals surface area contributed by atoms with Crippen molar-refractivity contribution in [2.24, 2.45) is 5.92 Å². The van der Waals surface area contributed by atoms with E-state index in [-0.39, 0.29) is 35.8 Å². The van der Waals surface area contributed by atoms with E-state index in [1.807, 2.05) is 0 Å². The van der Waals surface area contributed by atoms with Crippen molar-refractivity contribution < 1.29 is 19.0 Å². The minimum atomic E-state index is -0.740. The number of hydrogen-bond acceptors (Lipinski definition) is 4. The Balaban J connectivity index is 1.75. The van der Waals surface area contributed by atoms with E-state index in [1.165, 1.54) is 12.1 Å². The van der Waals surface area contributed by atoms with Gasteiger partial charge in [0.2, 0.25) is 5.91 Å². The Bertz CT molecular complexity index is 564. The Morgan fingerprint density at radius 1 is 1.52 bits per heavy atom. The molecule has 2 aliphatic rings. The third-order valence-electron chi connectivity index (χ3n) is 4.06. The fraction of sp³-hybridized carbons (Fsp3) is 0.533. The lowest BCUT2D eigenvalue weighted by molar-refractivity contribution is -0.125. The number of aliphatic hydroxyl groups excluding tert-OH is 1. The number of hydrogen-bond donors (Lipinski definition) is 3. The fourth-order valence-corrected chi connectivity index (χ4v) is 2.86. The average molecular weight is 294 g/mol. The number of fused-ring (bicyclic) bond motifs is 2. The molecule has 0 aromatic heterocycles. The molecule has 0 spiro atoms. The van der Waals surface area contributed by atoms with Gasteiger partial charge in [-0.3, -0.25) is 4.79 Å². The molecule has 1 aliphatic carbocycles. The van der Waals surface area contributed by atoms with Gasteiger partial charge >= 0.3 is 0 Å². The van der Waals surface area contributed by atoms with E-state index in [0.717, 1.165) is 0 Å². The molecular weight excluding hydrogens is 275 g/mol. The molecule has 0 radical (unpaired) electrons. The first-order valence-electron chi connectivity index (χ1n) is 7.17. The minimum absolute atomic E-state index is 0.0961. The summed E-state index contributed by atoms with van der Waals surface area (Å²) in [4.78, 5) is 11.8. The number of halogens is 1. The lowest BCUT2D eigenvalue weighted by atomic mass is 10.1. The first kappa shape index (κ1) is 14.1. The summed E-state index contributed by atoms with van der Waals surface area (Å²) in [7, 11) is 0. The van der Waals surface area contributed by atoms with Gasteiger partial charge in [-0.05, 0) is 12.1 Å². The van der Waals surface area contributed by atoms with Gasteiger partial charge in [0, 0.05) is 18.4 Å². The molecule has 1 aromatic rings. The third-order valence-corrected chi connectivity index (χ3v) is 4.06. The molecule has 5 nitrogen and oxygen atoms in total. The molecule has 3 rings (SSSR count). The quantitative estimate of drug-likeness (QED) is 0.768. The van der Waals surface area contributed by atoms with E-state index in [9.17, 15) is 14.3 Å². The van der Waals surface area contributed by atoms with E-state index in [2.05, 4.69) is 10.6 Å². The number of benzene rings is 1. The summed E-state index contributed by atoms with van der Waals surface area (Å²) < 4.78 is 19.0. The van der Waals surface area contributed by atoms with E-state index in [4.69, 9.17) is 4.74 Å². The molecule has 3 N–H and O–H groups in total. The van der Waals surface area contributed by atoms with Crippen LogP contribution in [0.15, 0.2) is 18.2 Å². The topological polar surface area (TPSA) is 70.6 Å². The zero-order valence-corrected chi connectivity index (χ0v) is 12.0. The highest BCUT2D eigenvalue weighted by Gasteiger charge is 2.47. The second kappa shape index (κ2) is 5.18. The Hall–Kier alpha value is -1.82. The van der Waals surface area contributed by atoms with Crippen molar-refractivity contribution in [3.63, 3.8) is 0 Å². The van der Waals surface area contributed by atoms with Gasteiger partial charge in [-0.2, -0.15) is 0 Å². The van der Waals surface area contributed by atoms with Crippen LogP contribution in [-0.4, -0.2) is 35.3 Å². The number of amides is 1. The molecule has 1 aromatic carbocycles. The Morgan fingerprint density at radius 3 is 3.00 bits per heavy atom. The first-order valence-corrected chi connectivity index (χ1v) is 7.17. The van der Waals surface area contributed by atoms with Crippen LogP contribution in [0.1, 0.15) is 20.3 Å². The number of anilines is 1. The molecule has 1 amide bonds. The number of carbonyl (C=O) groups is 1. The summed E-state index contributed by atoms with van der Waals surface area (Å²) in [5, 5.41) is 16.4. The van der Waals surface area contributed by atoms with Crippen molar-refractivity contribution in [1.82, 2.24) is 5.32 Å². The van der Waals surface area contributed by atoms with Crippen LogP contribution in [0.4, 0.5) is 10.1 Å². The van der Waals surface area contributed by atoms with Crippen LogP contribution in [0.2, 0.25) is 0 Å². The fourth-order valence-electron chi connectivity index (χ4n) is 2.86. The molecule has 1 heterocycles. The van der Waals surface area contributed by atoms with Crippen molar-refractivity contribution in [2.45, 2.75) is 44.6 Å². The highest BCUT2D eigenvalue weighted by atomic mass is 19.1.